The van der Waals surface area contributed by atoms with E-state index in [4.69, 9.17) is 9.47 Å². The van der Waals surface area contributed by atoms with Gasteiger partial charge in [0.05, 0.1) is 6.42 Å². The van der Waals surface area contributed by atoms with E-state index >= 15 is 0 Å². The number of hydrogen-bond acceptors (Lipinski definition) is 5. The van der Waals surface area contributed by atoms with E-state index in [0.29, 0.717) is 5.75 Å². The molecule has 0 spiro atoms. The Kier molecular flexibility index (Phi) is 7.59. The summed E-state index contributed by atoms with van der Waals surface area (Å²) in [4.78, 5) is 24.2. The predicted octanol–water partition coefficient (Wildman–Crippen LogP) is 6.61. The van der Waals surface area contributed by atoms with Crippen LogP contribution in [0.4, 0.5) is 4.79 Å². The van der Waals surface area contributed by atoms with E-state index in [-0.39, 0.29) is 17.1 Å². The summed E-state index contributed by atoms with van der Waals surface area (Å²) in [6.45, 7) is 11.8. The summed E-state index contributed by atoms with van der Waals surface area (Å²) in [5.74, 6) is -0.519. The maximum absolute atomic E-state index is 11.8. The second-order valence-corrected chi connectivity index (χ2v) is 10.4. The van der Waals surface area contributed by atoms with Gasteiger partial charge in [-0.3, -0.25) is 4.79 Å². The average Bonchev–Trinajstić information content (AvgIpc) is 2.59. The number of carboxylic acid groups (broad SMARTS) is 1. The van der Waals surface area contributed by atoms with Crippen molar-refractivity contribution in [2.75, 3.05) is 0 Å². The number of carbonyl (C=O) groups is 2. The van der Waals surface area contributed by atoms with Gasteiger partial charge in [-0.2, -0.15) is 0 Å². The molecule has 0 aliphatic heterocycles. The highest BCUT2D eigenvalue weighted by molar-refractivity contribution is 7.99. The van der Waals surface area contributed by atoms with Crippen molar-refractivity contribution in [1.29, 1.82) is 0 Å². The first-order valence-electron chi connectivity index (χ1n) is 9.83. The first-order chi connectivity index (χ1) is 13.8. The van der Waals surface area contributed by atoms with Gasteiger partial charge < -0.3 is 14.6 Å². The molecular weight excluding hydrogens is 400 g/mol. The molecule has 2 aromatic carbocycles. The molecular formula is C24H30O5S. The molecule has 2 aromatic rings. The van der Waals surface area contributed by atoms with Crippen LogP contribution >= 0.6 is 11.8 Å². The summed E-state index contributed by atoms with van der Waals surface area (Å²) in [5.41, 5.74) is 1.50. The van der Waals surface area contributed by atoms with Gasteiger partial charge in [0.1, 0.15) is 11.4 Å². The van der Waals surface area contributed by atoms with Gasteiger partial charge in [-0.25, -0.2) is 4.79 Å². The molecule has 30 heavy (non-hydrogen) atoms. The van der Waals surface area contributed by atoms with E-state index < -0.39 is 17.7 Å². The molecule has 5 nitrogen and oxygen atoms in total. The third kappa shape index (κ3) is 7.75. The smallest absolute Gasteiger partial charge is 0.481 e. The largest absolute Gasteiger partial charge is 0.514 e. The molecule has 0 amide bonds. The normalized spacial score (nSPS) is 12.9. The maximum Gasteiger partial charge on any atom is 0.514 e. The molecule has 1 unspecified atom stereocenters. The summed E-state index contributed by atoms with van der Waals surface area (Å²) in [6.07, 6.45) is -0.788. The maximum atomic E-state index is 11.8. The minimum absolute atomic E-state index is 0.0159. The van der Waals surface area contributed by atoms with E-state index in [1.807, 2.05) is 12.1 Å². The number of aliphatic carboxylic acids is 1. The third-order valence-electron chi connectivity index (χ3n) is 4.20. The van der Waals surface area contributed by atoms with Gasteiger partial charge in [-0.1, -0.05) is 45.0 Å². The Morgan fingerprint density at radius 3 is 1.97 bits per heavy atom. The fraction of sp³-hybridized carbons (Fsp3) is 0.417. The van der Waals surface area contributed by atoms with Crippen LogP contribution in [0, 0.1) is 0 Å². The highest BCUT2D eigenvalue weighted by Gasteiger charge is 2.20. The molecule has 1 atom stereocenters. The molecule has 0 heterocycles. The van der Waals surface area contributed by atoms with Crippen molar-refractivity contribution >= 4 is 23.9 Å². The lowest BCUT2D eigenvalue weighted by Crippen LogP contribution is -2.25. The van der Waals surface area contributed by atoms with E-state index in [0.717, 1.165) is 10.5 Å². The fourth-order valence-electron chi connectivity index (χ4n) is 2.70. The Labute approximate surface area is 182 Å². The Morgan fingerprint density at radius 2 is 1.50 bits per heavy atom. The lowest BCUT2D eigenvalue weighted by molar-refractivity contribution is -0.137. The number of ether oxygens (including phenoxy) is 2. The standard InChI is InChI=1S/C24H30O5S/c1-23(2,3)17-9-13-19(14-10-17)30-20(15-21(25)26)16-7-11-18(12-8-16)28-22(27)29-24(4,5)6/h7-14,20H,15H2,1-6H3,(H,25,26). The van der Waals surface area contributed by atoms with Crippen molar-refractivity contribution < 1.29 is 24.2 Å². The summed E-state index contributed by atoms with van der Waals surface area (Å²) in [6, 6.07) is 15.1. The van der Waals surface area contributed by atoms with Crippen LogP contribution < -0.4 is 4.74 Å². The van der Waals surface area contributed by atoms with Crippen molar-refractivity contribution in [2.24, 2.45) is 0 Å². The molecule has 0 saturated heterocycles. The highest BCUT2D eigenvalue weighted by Crippen LogP contribution is 2.39. The van der Waals surface area contributed by atoms with Gasteiger partial charge in [0, 0.05) is 10.1 Å². The summed E-state index contributed by atoms with van der Waals surface area (Å²) < 4.78 is 10.3. The molecule has 162 valence electrons. The predicted molar refractivity (Wildman–Crippen MR) is 119 cm³/mol. The molecule has 0 saturated carbocycles. The molecule has 0 aliphatic rings. The van der Waals surface area contributed by atoms with Crippen molar-refractivity contribution in [3.63, 3.8) is 0 Å². The average molecular weight is 431 g/mol. The topological polar surface area (TPSA) is 72.8 Å². The van der Waals surface area contributed by atoms with Crippen molar-refractivity contribution in [2.45, 2.75) is 69.1 Å². The number of rotatable bonds is 6. The zero-order valence-electron chi connectivity index (χ0n) is 18.4. The Balaban J connectivity index is 2.13. The summed E-state index contributed by atoms with van der Waals surface area (Å²) >= 11 is 1.50. The monoisotopic (exact) mass is 430 g/mol. The minimum Gasteiger partial charge on any atom is -0.481 e. The molecule has 0 fully saturated rings. The number of carbonyl (C=O) groups excluding carboxylic acids is 1. The quantitative estimate of drug-likeness (QED) is 0.316. The Bertz CT molecular complexity index is 858. The van der Waals surface area contributed by atoms with E-state index in [1.54, 1.807) is 45.0 Å². The van der Waals surface area contributed by atoms with E-state index in [9.17, 15) is 14.7 Å². The number of hydrogen-bond donors (Lipinski definition) is 1. The number of thioether (sulfide) groups is 1. The van der Waals surface area contributed by atoms with Crippen LogP contribution in [0.25, 0.3) is 0 Å². The molecule has 0 radical (unpaired) electrons. The summed E-state index contributed by atoms with van der Waals surface area (Å²) in [7, 11) is 0. The van der Waals surface area contributed by atoms with Crippen molar-refractivity contribution in [3.05, 3.63) is 59.7 Å². The number of carboxylic acids is 1. The SMILES string of the molecule is CC(C)(C)OC(=O)Oc1ccc(C(CC(=O)O)Sc2ccc(C(C)(C)C)cc2)cc1. The zero-order chi connectivity index (χ0) is 22.5. The van der Waals surface area contributed by atoms with Crippen LogP contribution in [-0.4, -0.2) is 22.8 Å². The van der Waals surface area contributed by atoms with Gasteiger partial charge in [0.2, 0.25) is 0 Å². The Morgan fingerprint density at radius 1 is 0.933 bits per heavy atom. The zero-order valence-corrected chi connectivity index (χ0v) is 19.2. The second-order valence-electron chi connectivity index (χ2n) is 9.11. The second kappa shape index (κ2) is 9.56. The summed E-state index contributed by atoms with van der Waals surface area (Å²) in [5, 5.41) is 9.09. The molecule has 6 heteroatoms. The lowest BCUT2D eigenvalue weighted by atomic mass is 9.87. The van der Waals surface area contributed by atoms with Gasteiger partial charge >= 0.3 is 12.1 Å². The molecule has 2 rings (SSSR count). The number of benzene rings is 2. The van der Waals surface area contributed by atoms with Crippen LogP contribution in [0.3, 0.4) is 0 Å². The van der Waals surface area contributed by atoms with Gasteiger partial charge in [-0.05, 0) is 61.6 Å². The van der Waals surface area contributed by atoms with E-state index in [2.05, 4.69) is 32.9 Å². The Hall–Kier alpha value is -2.47. The van der Waals surface area contributed by atoms with Crippen molar-refractivity contribution in [3.8, 4) is 5.75 Å². The first kappa shape index (κ1) is 23.8. The highest BCUT2D eigenvalue weighted by atomic mass is 32.2. The van der Waals surface area contributed by atoms with Gasteiger partial charge in [0.25, 0.3) is 0 Å². The lowest BCUT2D eigenvalue weighted by Gasteiger charge is -2.20. The van der Waals surface area contributed by atoms with Gasteiger partial charge in [0.15, 0.2) is 0 Å². The minimum atomic E-state index is -0.868. The first-order valence-corrected chi connectivity index (χ1v) is 10.7. The fourth-order valence-corrected chi connectivity index (χ4v) is 3.84. The molecule has 0 bridgehead atoms. The van der Waals surface area contributed by atoms with Crippen LogP contribution in [0.5, 0.6) is 5.75 Å². The van der Waals surface area contributed by atoms with Crippen LogP contribution in [0.2, 0.25) is 0 Å². The van der Waals surface area contributed by atoms with Crippen LogP contribution in [-0.2, 0) is 14.9 Å². The van der Waals surface area contributed by atoms with Crippen LogP contribution in [0.15, 0.2) is 53.4 Å². The molecule has 0 aliphatic carbocycles. The van der Waals surface area contributed by atoms with Crippen LogP contribution in [0.1, 0.15) is 64.3 Å². The van der Waals surface area contributed by atoms with Gasteiger partial charge in [-0.15, -0.1) is 11.8 Å². The van der Waals surface area contributed by atoms with Crippen molar-refractivity contribution in [1.82, 2.24) is 0 Å². The molecule has 0 aromatic heterocycles. The third-order valence-corrected chi connectivity index (χ3v) is 5.47. The van der Waals surface area contributed by atoms with E-state index in [1.165, 1.54) is 17.3 Å². The molecule has 1 N–H and O–H groups in total.